The zero-order valence-electron chi connectivity index (χ0n) is 17.4. The van der Waals surface area contributed by atoms with Gasteiger partial charge in [-0.1, -0.05) is 48.5 Å². The largest absolute Gasteiger partial charge is 0.458 e. The number of hydrogen-bond acceptors (Lipinski definition) is 3. The average Bonchev–Trinajstić information content (AvgIpc) is 3.31. The minimum atomic E-state index is -0.452. The predicted molar refractivity (Wildman–Crippen MR) is 122 cm³/mol. The van der Waals surface area contributed by atoms with Crippen molar-refractivity contribution in [2.45, 2.75) is 31.9 Å². The van der Waals surface area contributed by atoms with Crippen LogP contribution in [0.25, 0.3) is 32.6 Å². The highest BCUT2D eigenvalue weighted by molar-refractivity contribution is 6.04. The van der Waals surface area contributed by atoms with Gasteiger partial charge >= 0.3 is 0 Å². The Balaban J connectivity index is 1.57. The van der Waals surface area contributed by atoms with Crippen LogP contribution in [0.4, 0.5) is 0 Å². The summed E-state index contributed by atoms with van der Waals surface area (Å²) in [4.78, 5) is 13.8. The Bertz CT molecular complexity index is 1600. The van der Waals surface area contributed by atoms with E-state index in [1.54, 1.807) is 0 Å². The van der Waals surface area contributed by atoms with Crippen LogP contribution in [-0.2, 0) is 6.54 Å². The van der Waals surface area contributed by atoms with Crippen LogP contribution in [0.15, 0.2) is 75.9 Å². The van der Waals surface area contributed by atoms with Crippen LogP contribution >= 0.6 is 0 Å². The first-order valence-corrected chi connectivity index (χ1v) is 10.8. The van der Waals surface area contributed by atoms with E-state index >= 15 is 0 Å². The second-order valence-corrected chi connectivity index (χ2v) is 9.32. The first-order valence-electron chi connectivity index (χ1n) is 10.8. The van der Waals surface area contributed by atoms with E-state index < -0.39 is 5.60 Å². The minimum absolute atomic E-state index is 0.0196. The molecular formula is C27H21NO3. The van der Waals surface area contributed by atoms with Crippen molar-refractivity contribution in [2.24, 2.45) is 5.92 Å². The topological polar surface area (TPSA) is 44.4 Å². The lowest BCUT2D eigenvalue weighted by Crippen LogP contribution is -2.45. The zero-order valence-corrected chi connectivity index (χ0v) is 17.4. The Hall–Kier alpha value is -3.53. The van der Waals surface area contributed by atoms with E-state index in [2.05, 4.69) is 48.7 Å². The van der Waals surface area contributed by atoms with E-state index in [0.717, 1.165) is 17.3 Å². The monoisotopic (exact) mass is 407 g/mol. The van der Waals surface area contributed by atoms with Crippen LogP contribution in [0.1, 0.15) is 31.0 Å². The third-order valence-electron chi connectivity index (χ3n) is 7.29. The van der Waals surface area contributed by atoms with E-state index in [9.17, 15) is 4.79 Å². The summed E-state index contributed by atoms with van der Waals surface area (Å²) in [7, 11) is 0. The normalized spacial score (nSPS) is 21.1. The van der Waals surface area contributed by atoms with E-state index in [1.807, 2.05) is 36.4 Å². The molecule has 5 aromatic rings. The molecule has 0 radical (unpaired) electrons. The average molecular weight is 407 g/mol. The molecule has 7 rings (SSSR count). The van der Waals surface area contributed by atoms with Crippen LogP contribution in [0.3, 0.4) is 0 Å². The molecule has 4 heterocycles. The molecule has 0 bridgehead atoms. The standard InChI is InChI=1S/C27H21NO3/c1-27(2)19-14-28-20-10-6-4-8-16(20)13-21(28)22(19)23-24(29)18-12-11-15-7-3-5-9-17(15)25(18)30-26(23)31-27/h3-13,19,22H,14H2,1-2H3/t19-,22-/m1/s1. The summed E-state index contributed by atoms with van der Waals surface area (Å²) < 4.78 is 15.1. The number of nitrogens with zero attached hydrogens (tertiary/aromatic N) is 1. The van der Waals surface area contributed by atoms with Crippen molar-refractivity contribution in [1.82, 2.24) is 4.57 Å². The summed E-state index contributed by atoms with van der Waals surface area (Å²) >= 11 is 0. The Morgan fingerprint density at radius 1 is 0.935 bits per heavy atom. The fourth-order valence-corrected chi connectivity index (χ4v) is 5.75. The van der Waals surface area contributed by atoms with Crippen LogP contribution in [0.2, 0.25) is 0 Å². The lowest BCUT2D eigenvalue weighted by molar-refractivity contribution is -0.00346. The molecule has 0 amide bonds. The van der Waals surface area contributed by atoms with Crippen LogP contribution < -0.4 is 10.2 Å². The van der Waals surface area contributed by atoms with Crippen molar-refractivity contribution in [2.75, 3.05) is 0 Å². The fraction of sp³-hybridized carbons (Fsp3) is 0.222. The van der Waals surface area contributed by atoms with Gasteiger partial charge in [0.1, 0.15) is 11.2 Å². The summed E-state index contributed by atoms with van der Waals surface area (Å²) in [5.74, 6) is 0.498. The molecule has 3 aromatic carbocycles. The van der Waals surface area contributed by atoms with Gasteiger partial charge in [-0.2, -0.15) is 0 Å². The van der Waals surface area contributed by atoms with E-state index in [4.69, 9.17) is 9.15 Å². The molecule has 4 nitrogen and oxygen atoms in total. The molecular weight excluding hydrogens is 386 g/mol. The Kier molecular flexibility index (Phi) is 3.09. The number of rotatable bonds is 0. The van der Waals surface area contributed by atoms with Gasteiger partial charge in [0.05, 0.1) is 10.9 Å². The van der Waals surface area contributed by atoms with Gasteiger partial charge in [0, 0.05) is 35.0 Å². The summed E-state index contributed by atoms with van der Waals surface area (Å²) in [5, 5.41) is 3.81. The Morgan fingerprint density at radius 3 is 2.58 bits per heavy atom. The van der Waals surface area contributed by atoms with Gasteiger partial charge in [-0.25, -0.2) is 0 Å². The summed E-state index contributed by atoms with van der Waals surface area (Å²) in [6.45, 7) is 5.04. The first kappa shape index (κ1) is 17.2. The van der Waals surface area contributed by atoms with E-state index in [0.29, 0.717) is 22.5 Å². The van der Waals surface area contributed by atoms with Gasteiger partial charge in [0.2, 0.25) is 5.43 Å². The van der Waals surface area contributed by atoms with Crippen molar-refractivity contribution in [1.29, 1.82) is 0 Å². The van der Waals surface area contributed by atoms with Crippen molar-refractivity contribution in [3.8, 4) is 5.95 Å². The van der Waals surface area contributed by atoms with Gasteiger partial charge in [-0.15, -0.1) is 0 Å². The van der Waals surface area contributed by atoms with Crippen LogP contribution in [0.5, 0.6) is 5.95 Å². The van der Waals surface area contributed by atoms with Crippen molar-refractivity contribution in [3.63, 3.8) is 0 Å². The molecule has 2 atom stereocenters. The molecule has 0 aliphatic carbocycles. The maximum atomic E-state index is 13.8. The third kappa shape index (κ3) is 2.12. The highest BCUT2D eigenvalue weighted by Gasteiger charge is 2.51. The maximum absolute atomic E-state index is 13.8. The second-order valence-electron chi connectivity index (χ2n) is 9.32. The molecule has 0 saturated carbocycles. The van der Waals surface area contributed by atoms with Crippen molar-refractivity contribution >= 4 is 32.6 Å². The number of fused-ring (bicyclic) bond motifs is 10. The molecule has 152 valence electrons. The maximum Gasteiger partial charge on any atom is 0.293 e. The molecule has 0 N–H and O–H groups in total. The summed E-state index contributed by atoms with van der Waals surface area (Å²) in [5.41, 5.74) is 3.22. The molecule has 0 saturated heterocycles. The van der Waals surface area contributed by atoms with Crippen LogP contribution in [-0.4, -0.2) is 10.2 Å². The predicted octanol–water partition coefficient (Wildman–Crippen LogP) is 5.83. The van der Waals surface area contributed by atoms with Gasteiger partial charge < -0.3 is 13.7 Å². The van der Waals surface area contributed by atoms with Crippen molar-refractivity contribution < 1.29 is 9.15 Å². The molecule has 2 aromatic heterocycles. The molecule has 0 unspecified atom stereocenters. The quantitative estimate of drug-likeness (QED) is 0.303. The van der Waals surface area contributed by atoms with E-state index in [1.165, 1.54) is 16.6 Å². The van der Waals surface area contributed by atoms with Gasteiger partial charge in [-0.05, 0) is 42.8 Å². The second kappa shape index (κ2) is 5.58. The first-order chi connectivity index (χ1) is 15.0. The summed E-state index contributed by atoms with van der Waals surface area (Å²) in [6, 6.07) is 22.5. The minimum Gasteiger partial charge on any atom is -0.458 e. The lowest BCUT2D eigenvalue weighted by atomic mass is 9.75. The number of para-hydroxylation sites is 1. The number of benzene rings is 3. The van der Waals surface area contributed by atoms with Gasteiger partial charge in [-0.3, -0.25) is 4.79 Å². The van der Waals surface area contributed by atoms with Crippen LogP contribution in [0, 0.1) is 5.92 Å². The molecule has 0 spiro atoms. The summed E-state index contributed by atoms with van der Waals surface area (Å²) in [6.07, 6.45) is 0. The Morgan fingerprint density at radius 2 is 1.71 bits per heavy atom. The number of ether oxygens (including phenoxy) is 1. The zero-order chi connectivity index (χ0) is 20.9. The fourth-order valence-electron chi connectivity index (χ4n) is 5.75. The van der Waals surface area contributed by atoms with Crippen molar-refractivity contribution in [3.05, 3.63) is 88.2 Å². The lowest BCUT2D eigenvalue weighted by Gasteiger charge is -2.40. The van der Waals surface area contributed by atoms with Gasteiger partial charge in [0.15, 0.2) is 0 Å². The van der Waals surface area contributed by atoms with Gasteiger partial charge in [0.25, 0.3) is 5.95 Å². The molecule has 0 fully saturated rings. The molecule has 2 aliphatic rings. The Labute approximate surface area is 178 Å². The number of aromatic nitrogens is 1. The SMILES string of the molecule is CC1(C)Oc2oc3c(ccc4ccccc43)c(=O)c2[C@H]2c3cc4ccccc4n3C[C@H]21. The smallest absolute Gasteiger partial charge is 0.293 e. The molecule has 4 heteroatoms. The molecule has 31 heavy (non-hydrogen) atoms. The number of hydrogen-bond donors (Lipinski definition) is 0. The highest BCUT2D eigenvalue weighted by Crippen LogP contribution is 2.53. The molecule has 2 aliphatic heterocycles. The highest BCUT2D eigenvalue weighted by atomic mass is 16.6. The third-order valence-corrected chi connectivity index (χ3v) is 7.29. The van der Waals surface area contributed by atoms with E-state index in [-0.39, 0.29) is 17.3 Å².